The van der Waals surface area contributed by atoms with Gasteiger partial charge < -0.3 is 20.1 Å². The first kappa shape index (κ1) is 14.0. The average molecular weight is 276 g/mol. The van der Waals surface area contributed by atoms with Gasteiger partial charge in [0.15, 0.2) is 6.29 Å². The summed E-state index contributed by atoms with van der Waals surface area (Å²) >= 11 is 0. The Morgan fingerprint density at radius 2 is 2.15 bits per heavy atom. The van der Waals surface area contributed by atoms with Gasteiger partial charge in [-0.25, -0.2) is 0 Å². The minimum atomic E-state index is -0.754. The molecular formula is C16H24N2O2. The predicted octanol–water partition coefficient (Wildman–Crippen LogP) is 1.09. The second-order valence-electron chi connectivity index (χ2n) is 5.88. The van der Waals surface area contributed by atoms with Gasteiger partial charge in [0.1, 0.15) is 0 Å². The number of aliphatic hydroxyl groups is 1. The van der Waals surface area contributed by atoms with E-state index in [0.717, 1.165) is 51.1 Å². The molecule has 2 aliphatic heterocycles. The molecule has 4 nitrogen and oxygen atoms in total. The van der Waals surface area contributed by atoms with Crippen molar-refractivity contribution in [3.05, 3.63) is 34.9 Å². The highest BCUT2D eigenvalue weighted by atomic mass is 16.6. The standard InChI is InChI=1S/C16H24N2O2/c1-12-10-14-11-13(2-3-15(14)16(19)20-12)4-7-18-8-5-17-6-9-18/h2-3,11-12,16-17,19H,4-10H2,1H3. The molecule has 1 fully saturated rings. The number of nitrogens with one attached hydrogen (secondary N) is 1. The Labute approximate surface area is 120 Å². The van der Waals surface area contributed by atoms with Crippen LogP contribution in [0.5, 0.6) is 0 Å². The molecule has 2 atom stereocenters. The highest BCUT2D eigenvalue weighted by molar-refractivity contribution is 5.34. The summed E-state index contributed by atoms with van der Waals surface area (Å²) in [4.78, 5) is 2.51. The molecule has 1 aromatic carbocycles. The smallest absolute Gasteiger partial charge is 0.181 e. The van der Waals surface area contributed by atoms with Crippen LogP contribution in [-0.2, 0) is 17.6 Å². The van der Waals surface area contributed by atoms with E-state index in [0.29, 0.717) is 0 Å². The van der Waals surface area contributed by atoms with Crippen molar-refractivity contribution in [2.24, 2.45) is 0 Å². The summed E-state index contributed by atoms with van der Waals surface area (Å²) in [5, 5.41) is 13.3. The summed E-state index contributed by atoms with van der Waals surface area (Å²) < 4.78 is 5.45. The van der Waals surface area contributed by atoms with Crippen molar-refractivity contribution < 1.29 is 9.84 Å². The van der Waals surface area contributed by atoms with E-state index in [4.69, 9.17) is 4.74 Å². The quantitative estimate of drug-likeness (QED) is 0.867. The normalized spacial score (nSPS) is 27.3. The molecule has 0 saturated carbocycles. The fourth-order valence-corrected chi connectivity index (χ4v) is 3.11. The van der Waals surface area contributed by atoms with Crippen LogP contribution >= 0.6 is 0 Å². The molecule has 0 radical (unpaired) electrons. The summed E-state index contributed by atoms with van der Waals surface area (Å²) in [6.07, 6.45) is 1.32. The summed E-state index contributed by atoms with van der Waals surface area (Å²) in [7, 11) is 0. The van der Waals surface area contributed by atoms with Gasteiger partial charge in [-0.15, -0.1) is 0 Å². The lowest BCUT2D eigenvalue weighted by atomic mass is 9.95. The number of nitrogens with zero attached hydrogens (tertiary/aromatic N) is 1. The number of fused-ring (bicyclic) bond motifs is 1. The molecule has 0 bridgehead atoms. The van der Waals surface area contributed by atoms with Crippen LogP contribution in [0, 0.1) is 0 Å². The zero-order valence-electron chi connectivity index (χ0n) is 12.1. The van der Waals surface area contributed by atoms with E-state index in [1.54, 1.807) is 0 Å². The molecule has 2 N–H and O–H groups in total. The van der Waals surface area contributed by atoms with Crippen LogP contribution in [0.1, 0.15) is 29.9 Å². The Morgan fingerprint density at radius 1 is 1.35 bits per heavy atom. The van der Waals surface area contributed by atoms with Crippen molar-refractivity contribution in [2.45, 2.75) is 32.2 Å². The Bertz CT molecular complexity index is 458. The van der Waals surface area contributed by atoms with Crippen LogP contribution in [-0.4, -0.2) is 48.8 Å². The van der Waals surface area contributed by atoms with Crippen LogP contribution in [0.2, 0.25) is 0 Å². The van der Waals surface area contributed by atoms with Crippen LogP contribution in [0.15, 0.2) is 18.2 Å². The third-order valence-electron chi connectivity index (χ3n) is 4.27. The van der Waals surface area contributed by atoms with E-state index >= 15 is 0 Å². The molecule has 2 heterocycles. The Kier molecular flexibility index (Phi) is 4.36. The first-order valence-electron chi connectivity index (χ1n) is 7.60. The lowest BCUT2D eigenvalue weighted by molar-refractivity contribution is -0.143. The molecule has 3 rings (SSSR count). The lowest BCUT2D eigenvalue weighted by Gasteiger charge is -2.28. The minimum absolute atomic E-state index is 0.0981. The van der Waals surface area contributed by atoms with Gasteiger partial charge in [-0.1, -0.05) is 18.2 Å². The maximum Gasteiger partial charge on any atom is 0.181 e. The molecule has 0 aromatic heterocycles. The third-order valence-corrected chi connectivity index (χ3v) is 4.27. The Morgan fingerprint density at radius 3 is 2.95 bits per heavy atom. The molecule has 0 aliphatic carbocycles. The molecule has 0 spiro atoms. The van der Waals surface area contributed by atoms with Crippen LogP contribution in [0.4, 0.5) is 0 Å². The van der Waals surface area contributed by atoms with Gasteiger partial charge >= 0.3 is 0 Å². The van der Waals surface area contributed by atoms with Gasteiger partial charge in [0.2, 0.25) is 0 Å². The first-order chi connectivity index (χ1) is 9.72. The highest BCUT2D eigenvalue weighted by Crippen LogP contribution is 2.29. The van der Waals surface area contributed by atoms with Crippen molar-refractivity contribution >= 4 is 0 Å². The van der Waals surface area contributed by atoms with E-state index in [-0.39, 0.29) is 6.10 Å². The van der Waals surface area contributed by atoms with Gasteiger partial charge in [-0.05, 0) is 30.9 Å². The van der Waals surface area contributed by atoms with Gasteiger partial charge in [0, 0.05) is 38.3 Å². The number of piperazine rings is 1. The number of ether oxygens (including phenoxy) is 1. The maximum atomic E-state index is 9.92. The molecule has 0 amide bonds. The van der Waals surface area contributed by atoms with Crippen LogP contribution in [0.3, 0.4) is 0 Å². The number of hydrogen-bond acceptors (Lipinski definition) is 4. The topological polar surface area (TPSA) is 44.7 Å². The first-order valence-corrected chi connectivity index (χ1v) is 7.60. The lowest BCUT2D eigenvalue weighted by Crippen LogP contribution is -2.44. The van der Waals surface area contributed by atoms with Gasteiger partial charge in [0.05, 0.1) is 6.10 Å². The molecular weight excluding hydrogens is 252 g/mol. The number of benzene rings is 1. The molecule has 1 saturated heterocycles. The summed E-state index contributed by atoms with van der Waals surface area (Å²) in [6, 6.07) is 6.41. The summed E-state index contributed by atoms with van der Waals surface area (Å²) in [5.41, 5.74) is 3.55. The average Bonchev–Trinajstić information content (AvgIpc) is 2.45. The van der Waals surface area contributed by atoms with Crippen LogP contribution < -0.4 is 5.32 Å². The maximum absolute atomic E-state index is 9.92. The zero-order chi connectivity index (χ0) is 13.9. The molecule has 110 valence electrons. The van der Waals surface area contributed by atoms with Crippen molar-refractivity contribution in [3.8, 4) is 0 Å². The fraction of sp³-hybridized carbons (Fsp3) is 0.625. The van der Waals surface area contributed by atoms with Crippen molar-refractivity contribution in [2.75, 3.05) is 32.7 Å². The van der Waals surface area contributed by atoms with Crippen molar-refractivity contribution in [1.82, 2.24) is 10.2 Å². The minimum Gasteiger partial charge on any atom is -0.364 e. The molecule has 2 aliphatic rings. The van der Waals surface area contributed by atoms with E-state index < -0.39 is 6.29 Å². The van der Waals surface area contributed by atoms with Gasteiger partial charge in [-0.3, -0.25) is 0 Å². The second-order valence-corrected chi connectivity index (χ2v) is 5.88. The highest BCUT2D eigenvalue weighted by Gasteiger charge is 2.23. The number of rotatable bonds is 3. The molecule has 20 heavy (non-hydrogen) atoms. The Balaban J connectivity index is 1.64. The van der Waals surface area contributed by atoms with E-state index in [9.17, 15) is 5.11 Å². The second kappa shape index (κ2) is 6.22. The molecule has 4 heteroatoms. The summed E-state index contributed by atoms with van der Waals surface area (Å²) in [5.74, 6) is 0. The molecule has 2 unspecified atom stereocenters. The SMILES string of the molecule is CC1Cc2cc(CCN3CCNCC3)ccc2C(O)O1. The molecule has 1 aromatic rings. The van der Waals surface area contributed by atoms with Crippen molar-refractivity contribution in [1.29, 1.82) is 0 Å². The van der Waals surface area contributed by atoms with Crippen LogP contribution in [0.25, 0.3) is 0 Å². The monoisotopic (exact) mass is 276 g/mol. The number of aliphatic hydroxyl groups excluding tert-OH is 1. The Hall–Kier alpha value is -0.940. The van der Waals surface area contributed by atoms with E-state index in [2.05, 4.69) is 22.3 Å². The van der Waals surface area contributed by atoms with Crippen molar-refractivity contribution in [3.63, 3.8) is 0 Å². The fourth-order valence-electron chi connectivity index (χ4n) is 3.11. The predicted molar refractivity (Wildman–Crippen MR) is 78.7 cm³/mol. The van der Waals surface area contributed by atoms with Gasteiger partial charge in [-0.2, -0.15) is 0 Å². The number of hydrogen-bond donors (Lipinski definition) is 2. The third kappa shape index (κ3) is 3.20. The largest absolute Gasteiger partial charge is 0.364 e. The summed E-state index contributed by atoms with van der Waals surface area (Å²) in [6.45, 7) is 7.63. The van der Waals surface area contributed by atoms with E-state index in [1.165, 1.54) is 11.1 Å². The zero-order valence-corrected chi connectivity index (χ0v) is 12.1. The van der Waals surface area contributed by atoms with E-state index in [1.807, 2.05) is 13.0 Å². The van der Waals surface area contributed by atoms with Gasteiger partial charge in [0.25, 0.3) is 0 Å².